The third kappa shape index (κ3) is 1.69. The minimum absolute atomic E-state index is 1.05. The number of hydrogen-bond acceptors (Lipinski definition) is 1. The summed E-state index contributed by atoms with van der Waals surface area (Å²) in [5.41, 5.74) is 4.72. The Morgan fingerprint density at radius 1 is 1.00 bits per heavy atom. The molecule has 0 atom stereocenters. The van der Waals surface area contributed by atoms with Crippen LogP contribution in [0.3, 0.4) is 0 Å². The predicted molar refractivity (Wildman–Crippen MR) is 57.8 cm³/mol. The van der Waals surface area contributed by atoms with Crippen LogP contribution in [0.15, 0.2) is 30.5 Å². The van der Waals surface area contributed by atoms with E-state index in [0.29, 0.717) is 0 Å². The third-order valence-corrected chi connectivity index (χ3v) is 2.19. The first kappa shape index (κ1) is 9.00. The highest BCUT2D eigenvalue weighted by Gasteiger charge is 1.99. The first-order chi connectivity index (χ1) is 6.65. The molecular weight excluding hydrogens is 172 g/mol. The Morgan fingerprint density at radius 2 is 1.64 bits per heavy atom. The van der Waals surface area contributed by atoms with Crippen molar-refractivity contribution in [1.29, 1.82) is 0 Å². The smallest absolute Gasteiger partial charge is 0.0650 e. The van der Waals surface area contributed by atoms with Crippen molar-refractivity contribution >= 4 is 0 Å². The quantitative estimate of drug-likeness (QED) is 0.669. The molecule has 1 aromatic heterocycles. The molecule has 0 unspecified atom stereocenters. The van der Waals surface area contributed by atoms with Gasteiger partial charge in [0.1, 0.15) is 0 Å². The summed E-state index contributed by atoms with van der Waals surface area (Å²) in [4.78, 5) is 0. The summed E-state index contributed by atoms with van der Waals surface area (Å²) in [6.45, 7) is 6.21. The Morgan fingerprint density at radius 3 is 2.14 bits per heavy atom. The molecule has 0 fully saturated rings. The molecule has 0 spiro atoms. The van der Waals surface area contributed by atoms with Crippen LogP contribution in [0.5, 0.6) is 0 Å². The molecule has 0 radical (unpaired) electrons. The Balaban J connectivity index is 2.51. The van der Waals surface area contributed by atoms with Gasteiger partial charge in [-0.3, -0.25) is 0 Å². The fourth-order valence-electron chi connectivity index (χ4n) is 1.64. The van der Waals surface area contributed by atoms with Gasteiger partial charge in [0.2, 0.25) is 0 Å². The average molecular weight is 186 g/mol. The van der Waals surface area contributed by atoms with Crippen molar-refractivity contribution in [3.05, 3.63) is 47.3 Å². The zero-order valence-electron chi connectivity index (χ0n) is 8.78. The van der Waals surface area contributed by atoms with Crippen LogP contribution in [0.1, 0.15) is 16.8 Å². The van der Waals surface area contributed by atoms with Gasteiger partial charge in [-0.1, -0.05) is 6.07 Å². The number of aromatic nitrogens is 2. The molecule has 1 heterocycles. The number of rotatable bonds is 1. The minimum atomic E-state index is 1.05. The topological polar surface area (TPSA) is 17.8 Å². The SMILES string of the molecule is Cc1cc(C)cc(-n2ccc(C)n2)c1. The first-order valence-corrected chi connectivity index (χ1v) is 4.76. The summed E-state index contributed by atoms with van der Waals surface area (Å²) in [5.74, 6) is 0. The second-order valence-corrected chi connectivity index (χ2v) is 3.75. The fraction of sp³-hybridized carbons (Fsp3) is 0.250. The molecule has 0 amide bonds. The van der Waals surface area contributed by atoms with E-state index in [9.17, 15) is 0 Å². The molecule has 72 valence electrons. The number of benzene rings is 1. The fourth-order valence-corrected chi connectivity index (χ4v) is 1.64. The van der Waals surface area contributed by atoms with Crippen molar-refractivity contribution in [2.45, 2.75) is 20.8 Å². The van der Waals surface area contributed by atoms with Crippen LogP contribution in [-0.2, 0) is 0 Å². The molecular formula is C12H14N2. The van der Waals surface area contributed by atoms with E-state index in [-0.39, 0.29) is 0 Å². The predicted octanol–water partition coefficient (Wildman–Crippen LogP) is 2.80. The Labute approximate surface area is 84.2 Å². The number of nitrogens with zero attached hydrogens (tertiary/aromatic N) is 2. The molecule has 2 rings (SSSR count). The zero-order chi connectivity index (χ0) is 10.1. The van der Waals surface area contributed by atoms with E-state index >= 15 is 0 Å². The van der Waals surface area contributed by atoms with Crippen LogP contribution in [0.4, 0.5) is 0 Å². The maximum absolute atomic E-state index is 4.38. The van der Waals surface area contributed by atoms with Gasteiger partial charge in [0.25, 0.3) is 0 Å². The maximum atomic E-state index is 4.38. The van der Waals surface area contributed by atoms with Crippen molar-refractivity contribution in [3.63, 3.8) is 0 Å². The molecule has 2 nitrogen and oxygen atoms in total. The van der Waals surface area contributed by atoms with Crippen LogP contribution in [0.25, 0.3) is 5.69 Å². The molecule has 0 saturated carbocycles. The van der Waals surface area contributed by atoms with Gasteiger partial charge in [-0.05, 0) is 50.1 Å². The molecule has 1 aromatic carbocycles. The summed E-state index contributed by atoms with van der Waals surface area (Å²) in [7, 11) is 0. The summed E-state index contributed by atoms with van der Waals surface area (Å²) in [6.07, 6.45) is 1.99. The van der Waals surface area contributed by atoms with Crippen LogP contribution < -0.4 is 0 Å². The van der Waals surface area contributed by atoms with Crippen LogP contribution in [-0.4, -0.2) is 9.78 Å². The van der Waals surface area contributed by atoms with E-state index in [1.165, 1.54) is 11.1 Å². The van der Waals surface area contributed by atoms with E-state index < -0.39 is 0 Å². The minimum Gasteiger partial charge on any atom is -0.241 e. The van der Waals surface area contributed by atoms with Gasteiger partial charge in [0, 0.05) is 6.20 Å². The van der Waals surface area contributed by atoms with Gasteiger partial charge in [-0.15, -0.1) is 0 Å². The highest BCUT2D eigenvalue weighted by atomic mass is 15.3. The Kier molecular flexibility index (Phi) is 2.12. The molecule has 0 bridgehead atoms. The van der Waals surface area contributed by atoms with E-state index in [1.54, 1.807) is 0 Å². The monoisotopic (exact) mass is 186 g/mol. The van der Waals surface area contributed by atoms with E-state index in [0.717, 1.165) is 11.4 Å². The summed E-state index contributed by atoms with van der Waals surface area (Å²) < 4.78 is 1.91. The van der Waals surface area contributed by atoms with Crippen molar-refractivity contribution in [2.24, 2.45) is 0 Å². The average Bonchev–Trinajstić information content (AvgIpc) is 2.50. The molecule has 14 heavy (non-hydrogen) atoms. The molecule has 2 aromatic rings. The van der Waals surface area contributed by atoms with E-state index in [2.05, 4.69) is 37.1 Å². The lowest BCUT2D eigenvalue weighted by Gasteiger charge is -2.04. The standard InChI is InChI=1S/C12H14N2/c1-9-6-10(2)8-12(7-9)14-5-4-11(3)13-14/h4-8H,1-3H3. The second kappa shape index (κ2) is 3.29. The van der Waals surface area contributed by atoms with Crippen molar-refractivity contribution in [3.8, 4) is 5.69 Å². The third-order valence-electron chi connectivity index (χ3n) is 2.19. The molecule has 0 aliphatic heterocycles. The molecule has 2 heteroatoms. The maximum Gasteiger partial charge on any atom is 0.0650 e. The first-order valence-electron chi connectivity index (χ1n) is 4.76. The van der Waals surface area contributed by atoms with Gasteiger partial charge < -0.3 is 0 Å². The van der Waals surface area contributed by atoms with Crippen LogP contribution >= 0.6 is 0 Å². The molecule has 0 aliphatic carbocycles. The normalized spacial score (nSPS) is 10.5. The van der Waals surface area contributed by atoms with Gasteiger partial charge in [0.15, 0.2) is 0 Å². The highest BCUT2D eigenvalue weighted by molar-refractivity contribution is 5.38. The van der Waals surface area contributed by atoms with Crippen molar-refractivity contribution in [2.75, 3.05) is 0 Å². The van der Waals surface area contributed by atoms with Gasteiger partial charge in [-0.25, -0.2) is 4.68 Å². The molecule has 0 N–H and O–H groups in total. The van der Waals surface area contributed by atoms with Crippen molar-refractivity contribution in [1.82, 2.24) is 9.78 Å². The van der Waals surface area contributed by atoms with E-state index in [4.69, 9.17) is 0 Å². The van der Waals surface area contributed by atoms with Gasteiger partial charge in [-0.2, -0.15) is 5.10 Å². The van der Waals surface area contributed by atoms with Gasteiger partial charge >= 0.3 is 0 Å². The van der Waals surface area contributed by atoms with Crippen molar-refractivity contribution < 1.29 is 0 Å². The number of aryl methyl sites for hydroxylation is 3. The van der Waals surface area contributed by atoms with Crippen LogP contribution in [0, 0.1) is 20.8 Å². The lowest BCUT2D eigenvalue weighted by atomic mass is 10.1. The summed E-state index contributed by atoms with van der Waals surface area (Å²) >= 11 is 0. The van der Waals surface area contributed by atoms with E-state index in [1.807, 2.05) is 23.9 Å². The highest BCUT2D eigenvalue weighted by Crippen LogP contribution is 2.12. The Bertz CT molecular complexity index is 435. The largest absolute Gasteiger partial charge is 0.241 e. The van der Waals surface area contributed by atoms with Gasteiger partial charge in [0.05, 0.1) is 11.4 Å². The second-order valence-electron chi connectivity index (χ2n) is 3.75. The Hall–Kier alpha value is -1.57. The van der Waals surface area contributed by atoms with Crippen LogP contribution in [0.2, 0.25) is 0 Å². The lowest BCUT2D eigenvalue weighted by molar-refractivity contribution is 0.860. The lowest BCUT2D eigenvalue weighted by Crippen LogP contribution is -1.96. The molecule has 0 aliphatic rings. The summed E-state index contributed by atoms with van der Waals surface area (Å²) in [6, 6.07) is 8.45. The summed E-state index contributed by atoms with van der Waals surface area (Å²) in [5, 5.41) is 4.38. The molecule has 0 saturated heterocycles. The number of hydrogen-bond donors (Lipinski definition) is 0. The zero-order valence-corrected chi connectivity index (χ0v) is 8.78.